The lowest BCUT2D eigenvalue weighted by atomic mass is 10.1. The maximum atomic E-state index is 12.9. The number of aliphatic carboxylic acids is 1. The molecule has 0 saturated carbocycles. The van der Waals surface area contributed by atoms with Crippen LogP contribution in [0.4, 0.5) is 0 Å². The third kappa shape index (κ3) is 4.77. The zero-order valence-electron chi connectivity index (χ0n) is 14.3. The summed E-state index contributed by atoms with van der Waals surface area (Å²) in [6, 6.07) is 7.04. The molecule has 1 amide bonds. The fourth-order valence-corrected chi connectivity index (χ4v) is 3.56. The largest absolute Gasteiger partial charge is 0.480 e. The number of nitrogens with zero attached hydrogens (tertiary/aromatic N) is 2. The molecule has 1 fully saturated rings. The van der Waals surface area contributed by atoms with Crippen LogP contribution in [0, 0.1) is 0 Å². The van der Waals surface area contributed by atoms with E-state index in [1.165, 1.54) is 19.0 Å². The molecule has 2 atom stereocenters. The molecule has 0 bridgehead atoms. The lowest BCUT2D eigenvalue weighted by Gasteiger charge is -2.28. The smallest absolute Gasteiger partial charge is 0.326 e. The number of nitrogens with one attached hydrogen (secondary N) is 1. The van der Waals surface area contributed by atoms with Crippen molar-refractivity contribution in [3.63, 3.8) is 0 Å². The first-order chi connectivity index (χ1) is 11.7. The Morgan fingerprint density at radius 2 is 1.96 bits per heavy atom. The number of amides is 1. The SMILES string of the molecule is CN(C)S(=O)(=O)N[C@H](Cc1ccccc1)C(=O)N1CCC[C@H]1C(=O)O. The van der Waals surface area contributed by atoms with E-state index in [1.54, 1.807) is 24.3 Å². The normalized spacial score (nSPS) is 19.2. The second-order valence-corrected chi connectivity index (χ2v) is 8.09. The minimum Gasteiger partial charge on any atom is -0.480 e. The van der Waals surface area contributed by atoms with Crippen LogP contribution >= 0.6 is 0 Å². The molecule has 1 aliphatic rings. The van der Waals surface area contributed by atoms with Gasteiger partial charge in [-0.15, -0.1) is 0 Å². The summed E-state index contributed by atoms with van der Waals surface area (Å²) in [7, 11) is -1.11. The second kappa shape index (κ2) is 7.94. The summed E-state index contributed by atoms with van der Waals surface area (Å²) >= 11 is 0. The Balaban J connectivity index is 2.27. The minimum atomic E-state index is -3.84. The molecule has 0 aromatic heterocycles. The quantitative estimate of drug-likeness (QED) is 0.707. The van der Waals surface area contributed by atoms with E-state index in [4.69, 9.17) is 0 Å². The molecule has 1 heterocycles. The van der Waals surface area contributed by atoms with Gasteiger partial charge in [-0.25, -0.2) is 4.79 Å². The minimum absolute atomic E-state index is 0.148. The van der Waals surface area contributed by atoms with Crippen molar-refractivity contribution in [2.75, 3.05) is 20.6 Å². The first-order valence-corrected chi connectivity index (χ1v) is 9.43. The van der Waals surface area contributed by atoms with Crippen LogP contribution in [0.5, 0.6) is 0 Å². The molecule has 1 aromatic rings. The van der Waals surface area contributed by atoms with E-state index in [2.05, 4.69) is 4.72 Å². The summed E-state index contributed by atoms with van der Waals surface area (Å²) in [5.41, 5.74) is 0.786. The van der Waals surface area contributed by atoms with Crippen LogP contribution in [0.1, 0.15) is 18.4 Å². The summed E-state index contributed by atoms with van der Waals surface area (Å²) < 4.78 is 27.8. The third-order valence-corrected chi connectivity index (χ3v) is 5.72. The summed E-state index contributed by atoms with van der Waals surface area (Å²) in [5.74, 6) is -1.58. The number of carboxylic acids is 1. The summed E-state index contributed by atoms with van der Waals surface area (Å²) in [5, 5.41) is 9.28. The van der Waals surface area contributed by atoms with Gasteiger partial charge in [-0.2, -0.15) is 17.4 Å². The molecule has 1 aliphatic heterocycles. The monoisotopic (exact) mass is 369 g/mol. The maximum Gasteiger partial charge on any atom is 0.326 e. The van der Waals surface area contributed by atoms with Crippen LogP contribution in [0.25, 0.3) is 0 Å². The van der Waals surface area contributed by atoms with Gasteiger partial charge in [0.2, 0.25) is 5.91 Å². The molecular weight excluding hydrogens is 346 g/mol. The van der Waals surface area contributed by atoms with E-state index >= 15 is 0 Å². The van der Waals surface area contributed by atoms with Gasteiger partial charge >= 0.3 is 5.97 Å². The number of carboxylic acid groups (broad SMARTS) is 1. The maximum absolute atomic E-state index is 12.9. The fourth-order valence-electron chi connectivity index (χ4n) is 2.80. The van der Waals surface area contributed by atoms with Crippen LogP contribution in [-0.4, -0.2) is 67.3 Å². The summed E-state index contributed by atoms with van der Waals surface area (Å²) in [6.07, 6.45) is 1.11. The Labute approximate surface area is 147 Å². The van der Waals surface area contributed by atoms with Crippen molar-refractivity contribution >= 4 is 22.1 Å². The van der Waals surface area contributed by atoms with Crippen molar-refractivity contribution in [2.24, 2.45) is 0 Å². The van der Waals surface area contributed by atoms with Crippen molar-refractivity contribution in [3.8, 4) is 0 Å². The number of rotatable bonds is 7. The topological polar surface area (TPSA) is 107 Å². The molecule has 1 saturated heterocycles. The average molecular weight is 369 g/mol. The molecule has 0 radical (unpaired) electrons. The van der Waals surface area contributed by atoms with Crippen LogP contribution < -0.4 is 4.72 Å². The Kier molecular flexibility index (Phi) is 6.15. The number of carbonyl (C=O) groups excluding carboxylic acids is 1. The highest BCUT2D eigenvalue weighted by atomic mass is 32.2. The molecule has 8 nitrogen and oxygen atoms in total. The summed E-state index contributed by atoms with van der Waals surface area (Å²) in [6.45, 7) is 0.310. The molecule has 0 spiro atoms. The molecule has 138 valence electrons. The van der Waals surface area contributed by atoms with Crippen LogP contribution in [0.2, 0.25) is 0 Å². The van der Waals surface area contributed by atoms with Crippen LogP contribution in [0.15, 0.2) is 30.3 Å². The van der Waals surface area contributed by atoms with E-state index in [9.17, 15) is 23.1 Å². The zero-order valence-corrected chi connectivity index (χ0v) is 15.1. The number of likely N-dealkylation sites (tertiary alicyclic amines) is 1. The van der Waals surface area contributed by atoms with Gasteiger partial charge in [0.05, 0.1) is 0 Å². The lowest BCUT2D eigenvalue weighted by molar-refractivity contribution is -0.148. The van der Waals surface area contributed by atoms with E-state index < -0.39 is 34.2 Å². The van der Waals surface area contributed by atoms with Gasteiger partial charge in [0.15, 0.2) is 0 Å². The third-order valence-electron chi connectivity index (χ3n) is 4.17. The number of hydrogen-bond donors (Lipinski definition) is 2. The first kappa shape index (κ1) is 19.4. The van der Waals surface area contributed by atoms with Crippen molar-refractivity contribution in [3.05, 3.63) is 35.9 Å². The standard InChI is InChI=1S/C16H23N3O5S/c1-18(2)25(23,24)17-13(11-12-7-4-3-5-8-12)15(20)19-10-6-9-14(19)16(21)22/h3-5,7-8,13-14,17H,6,9-11H2,1-2H3,(H,21,22)/t13-,14+/m1/s1. The van der Waals surface area contributed by atoms with E-state index in [0.29, 0.717) is 19.4 Å². The van der Waals surface area contributed by atoms with Crippen molar-refractivity contribution in [1.82, 2.24) is 13.9 Å². The Morgan fingerprint density at radius 3 is 2.52 bits per heavy atom. The van der Waals surface area contributed by atoms with Gasteiger partial charge in [-0.3, -0.25) is 4.79 Å². The second-order valence-electron chi connectivity index (χ2n) is 6.18. The number of carbonyl (C=O) groups is 2. The van der Waals surface area contributed by atoms with Crippen LogP contribution in [-0.2, 0) is 26.2 Å². The highest BCUT2D eigenvalue weighted by Crippen LogP contribution is 2.20. The van der Waals surface area contributed by atoms with E-state index in [1.807, 2.05) is 6.07 Å². The van der Waals surface area contributed by atoms with Gasteiger partial charge in [0.1, 0.15) is 12.1 Å². The molecule has 2 N–H and O–H groups in total. The van der Waals surface area contributed by atoms with Crippen molar-refractivity contribution < 1.29 is 23.1 Å². The number of hydrogen-bond acceptors (Lipinski definition) is 4. The highest BCUT2D eigenvalue weighted by Gasteiger charge is 2.38. The van der Waals surface area contributed by atoms with Gasteiger partial charge in [-0.05, 0) is 24.8 Å². The predicted octanol–water partition coefficient (Wildman–Crippen LogP) is 0.0693. The van der Waals surface area contributed by atoms with E-state index in [0.717, 1.165) is 9.87 Å². The van der Waals surface area contributed by atoms with Crippen LogP contribution in [0.3, 0.4) is 0 Å². The van der Waals surface area contributed by atoms with Gasteiger partial charge < -0.3 is 10.0 Å². The Hall–Kier alpha value is -1.97. The van der Waals surface area contributed by atoms with Crippen molar-refractivity contribution in [2.45, 2.75) is 31.3 Å². The first-order valence-electron chi connectivity index (χ1n) is 7.99. The highest BCUT2D eigenvalue weighted by molar-refractivity contribution is 7.87. The van der Waals surface area contributed by atoms with Gasteiger partial charge in [0, 0.05) is 20.6 Å². The zero-order chi connectivity index (χ0) is 18.6. The lowest BCUT2D eigenvalue weighted by Crippen LogP contribution is -2.54. The fraction of sp³-hybridized carbons (Fsp3) is 0.500. The predicted molar refractivity (Wildman–Crippen MR) is 92.0 cm³/mol. The van der Waals surface area contributed by atoms with Gasteiger partial charge in [-0.1, -0.05) is 30.3 Å². The number of benzene rings is 1. The molecule has 0 aliphatic carbocycles. The average Bonchev–Trinajstić information content (AvgIpc) is 3.04. The molecular formula is C16H23N3O5S. The molecule has 0 unspecified atom stereocenters. The molecule has 25 heavy (non-hydrogen) atoms. The van der Waals surface area contributed by atoms with E-state index in [-0.39, 0.29) is 6.42 Å². The Bertz CT molecular complexity index is 721. The molecule has 9 heteroatoms. The van der Waals surface area contributed by atoms with Crippen molar-refractivity contribution in [1.29, 1.82) is 0 Å². The molecule has 1 aromatic carbocycles. The summed E-state index contributed by atoms with van der Waals surface area (Å²) in [4.78, 5) is 25.5. The van der Waals surface area contributed by atoms with Gasteiger partial charge in [0.25, 0.3) is 10.2 Å². The Morgan fingerprint density at radius 1 is 1.32 bits per heavy atom. The molecule has 2 rings (SSSR count).